The molecule has 0 aliphatic rings. The van der Waals surface area contributed by atoms with Crippen molar-refractivity contribution < 1.29 is 45.0 Å². The summed E-state index contributed by atoms with van der Waals surface area (Å²) in [5, 5.41) is 51.1. The lowest BCUT2D eigenvalue weighted by molar-refractivity contribution is -0.138. The summed E-state index contributed by atoms with van der Waals surface area (Å²) in [7, 11) is 0. The largest absolute Gasteiger partial charge is 0.481 e. The Morgan fingerprint density at radius 2 is 0.644 bits per heavy atom. The van der Waals surface area contributed by atoms with Crippen molar-refractivity contribution in [3.05, 3.63) is 0 Å². The molecule has 0 amide bonds. The average Bonchev–Trinajstić information content (AvgIpc) is 2.88. The summed E-state index contributed by atoms with van der Waals surface area (Å²) in [4.78, 5) is 30.5. The minimum Gasteiger partial charge on any atom is -0.481 e. The molecule has 0 aromatic heterocycles. The summed E-state index contributed by atoms with van der Waals surface area (Å²) in [6.45, 7) is 21.3. The van der Waals surface area contributed by atoms with E-state index in [0.29, 0.717) is 41.9 Å². The molecule has 0 saturated heterocycles. The molecule has 0 atom stereocenters. The number of unbranched alkanes of at least 4 members (excludes halogenated alkanes) is 6. The Labute approximate surface area is 276 Å². The molecule has 0 bridgehead atoms. The SMILES string of the molecule is CC(C)(C)CCCCCC(=O)O.CC(C)(C)CCCCCC(=O)O.CC(C)(C)CCCCCC(=O)O.CCC(CO)(CO)CO. The molecular formula is C36H74O9. The number of aliphatic carboxylic acids is 3. The topological polar surface area (TPSA) is 173 Å². The summed E-state index contributed by atoms with van der Waals surface area (Å²) in [5.74, 6) is -2.03. The summed E-state index contributed by atoms with van der Waals surface area (Å²) < 4.78 is 0. The Bertz CT molecular complexity index is 611. The van der Waals surface area contributed by atoms with E-state index in [-0.39, 0.29) is 19.8 Å². The predicted molar refractivity (Wildman–Crippen MR) is 185 cm³/mol. The predicted octanol–water partition coefficient (Wildman–Crippen LogP) is 8.56. The zero-order valence-electron chi connectivity index (χ0n) is 30.8. The minimum atomic E-state index is -0.675. The number of carbonyl (C=O) groups is 3. The molecule has 0 spiro atoms. The molecule has 9 nitrogen and oxygen atoms in total. The Morgan fingerprint density at radius 3 is 0.756 bits per heavy atom. The number of carboxylic acid groups (broad SMARTS) is 3. The molecule has 272 valence electrons. The van der Waals surface area contributed by atoms with Crippen LogP contribution in [0.5, 0.6) is 0 Å². The van der Waals surface area contributed by atoms with E-state index in [1.54, 1.807) is 0 Å². The number of hydrogen-bond donors (Lipinski definition) is 6. The van der Waals surface area contributed by atoms with Gasteiger partial charge < -0.3 is 30.6 Å². The highest BCUT2D eigenvalue weighted by molar-refractivity contribution is 5.67. The van der Waals surface area contributed by atoms with E-state index in [9.17, 15) is 14.4 Å². The van der Waals surface area contributed by atoms with Gasteiger partial charge in [0.2, 0.25) is 0 Å². The van der Waals surface area contributed by atoms with E-state index in [0.717, 1.165) is 57.8 Å². The molecule has 0 aromatic carbocycles. The summed E-state index contributed by atoms with van der Waals surface area (Å²) in [6, 6.07) is 0. The highest BCUT2D eigenvalue weighted by Crippen LogP contribution is 2.24. The second-order valence-corrected chi connectivity index (χ2v) is 15.9. The Balaban J connectivity index is -0.000000251. The van der Waals surface area contributed by atoms with Gasteiger partial charge in [-0.3, -0.25) is 14.4 Å². The van der Waals surface area contributed by atoms with Gasteiger partial charge in [0.25, 0.3) is 0 Å². The molecule has 0 rings (SSSR count). The van der Waals surface area contributed by atoms with Gasteiger partial charge in [-0.1, -0.05) is 108 Å². The van der Waals surface area contributed by atoms with Gasteiger partial charge in [-0.25, -0.2) is 0 Å². The fourth-order valence-corrected chi connectivity index (χ4v) is 3.81. The van der Waals surface area contributed by atoms with Gasteiger partial charge >= 0.3 is 17.9 Å². The van der Waals surface area contributed by atoms with E-state index in [4.69, 9.17) is 30.6 Å². The molecule has 0 heterocycles. The molecule has 6 N–H and O–H groups in total. The second kappa shape index (κ2) is 28.5. The van der Waals surface area contributed by atoms with E-state index in [1.165, 1.54) is 19.3 Å². The fourth-order valence-electron chi connectivity index (χ4n) is 3.81. The van der Waals surface area contributed by atoms with E-state index in [2.05, 4.69) is 62.3 Å². The maximum absolute atomic E-state index is 10.2. The minimum absolute atomic E-state index is 0.156. The van der Waals surface area contributed by atoms with Gasteiger partial charge in [0.15, 0.2) is 0 Å². The number of hydrogen-bond acceptors (Lipinski definition) is 6. The van der Waals surface area contributed by atoms with Crippen LogP contribution < -0.4 is 0 Å². The van der Waals surface area contributed by atoms with Crippen molar-refractivity contribution in [2.75, 3.05) is 19.8 Å². The van der Waals surface area contributed by atoms with Crippen LogP contribution in [0.15, 0.2) is 0 Å². The van der Waals surface area contributed by atoms with Gasteiger partial charge in [-0.2, -0.15) is 0 Å². The number of rotatable bonds is 19. The van der Waals surface area contributed by atoms with Crippen molar-refractivity contribution in [1.82, 2.24) is 0 Å². The normalized spacial score (nSPS) is 11.7. The van der Waals surface area contributed by atoms with E-state index < -0.39 is 23.3 Å². The molecule has 0 fully saturated rings. The van der Waals surface area contributed by atoms with Crippen LogP contribution in [0.1, 0.15) is 172 Å². The molecule has 9 heteroatoms. The van der Waals surface area contributed by atoms with Gasteiger partial charge in [0.1, 0.15) is 0 Å². The first kappa shape index (κ1) is 50.2. The quantitative estimate of drug-likeness (QED) is 0.0749. The van der Waals surface area contributed by atoms with Crippen molar-refractivity contribution in [2.45, 2.75) is 172 Å². The van der Waals surface area contributed by atoms with Crippen LogP contribution in [-0.4, -0.2) is 68.4 Å². The standard InChI is InChI=1S/3C10H20O2.C6H14O3/c3*1-10(2,3)8-6-4-5-7-9(11)12;1-2-6(3-7,4-8)5-9/h3*4-8H2,1-3H3,(H,11,12);7-9H,2-5H2,1H3. The molecule has 0 saturated carbocycles. The van der Waals surface area contributed by atoms with Crippen LogP contribution in [0.2, 0.25) is 0 Å². The van der Waals surface area contributed by atoms with Crippen LogP contribution in [0.3, 0.4) is 0 Å². The molecule has 45 heavy (non-hydrogen) atoms. The molecule has 0 aliphatic heterocycles. The Morgan fingerprint density at radius 1 is 0.422 bits per heavy atom. The molecule has 0 radical (unpaired) electrons. The van der Waals surface area contributed by atoms with Gasteiger partial charge in [0.05, 0.1) is 19.8 Å². The first-order chi connectivity index (χ1) is 20.5. The van der Waals surface area contributed by atoms with Crippen molar-refractivity contribution in [1.29, 1.82) is 0 Å². The van der Waals surface area contributed by atoms with Crippen LogP contribution in [-0.2, 0) is 14.4 Å². The van der Waals surface area contributed by atoms with Crippen LogP contribution in [0, 0.1) is 21.7 Å². The maximum atomic E-state index is 10.2. The van der Waals surface area contributed by atoms with E-state index >= 15 is 0 Å². The van der Waals surface area contributed by atoms with Crippen molar-refractivity contribution >= 4 is 17.9 Å². The first-order valence-corrected chi connectivity index (χ1v) is 17.0. The fraction of sp³-hybridized carbons (Fsp3) is 0.917. The third-order valence-corrected chi connectivity index (χ3v) is 7.21. The third-order valence-electron chi connectivity index (χ3n) is 7.21. The Hall–Kier alpha value is -1.71. The third kappa shape index (κ3) is 49.4. The zero-order chi connectivity index (χ0) is 36.2. The van der Waals surface area contributed by atoms with Crippen molar-refractivity contribution in [2.24, 2.45) is 21.7 Å². The number of aliphatic hydroxyl groups excluding tert-OH is 3. The molecule has 0 unspecified atom stereocenters. The van der Waals surface area contributed by atoms with Gasteiger partial charge in [-0.05, 0) is 61.2 Å². The highest BCUT2D eigenvalue weighted by atomic mass is 16.4. The summed E-state index contributed by atoms with van der Waals surface area (Å²) >= 11 is 0. The smallest absolute Gasteiger partial charge is 0.303 e. The zero-order valence-corrected chi connectivity index (χ0v) is 30.8. The second-order valence-electron chi connectivity index (χ2n) is 15.9. The highest BCUT2D eigenvalue weighted by Gasteiger charge is 2.24. The van der Waals surface area contributed by atoms with Gasteiger partial charge in [0, 0.05) is 24.7 Å². The van der Waals surface area contributed by atoms with Crippen LogP contribution >= 0.6 is 0 Å². The molecule has 0 aromatic rings. The van der Waals surface area contributed by atoms with Gasteiger partial charge in [-0.15, -0.1) is 0 Å². The maximum Gasteiger partial charge on any atom is 0.303 e. The van der Waals surface area contributed by atoms with Crippen molar-refractivity contribution in [3.8, 4) is 0 Å². The lowest BCUT2D eigenvalue weighted by Gasteiger charge is -2.24. The van der Waals surface area contributed by atoms with Crippen LogP contribution in [0.25, 0.3) is 0 Å². The number of carboxylic acids is 3. The molecule has 0 aliphatic carbocycles. The van der Waals surface area contributed by atoms with Crippen molar-refractivity contribution in [3.63, 3.8) is 0 Å². The lowest BCUT2D eigenvalue weighted by Crippen LogP contribution is -2.32. The lowest BCUT2D eigenvalue weighted by atomic mass is 9.88. The molecular weight excluding hydrogens is 576 g/mol. The monoisotopic (exact) mass is 651 g/mol. The van der Waals surface area contributed by atoms with E-state index in [1.807, 2.05) is 6.92 Å². The number of aliphatic hydroxyl groups is 3. The average molecular weight is 651 g/mol. The summed E-state index contributed by atoms with van der Waals surface area (Å²) in [6.07, 6.45) is 14.2. The summed E-state index contributed by atoms with van der Waals surface area (Å²) in [5.41, 5.74) is 0.510. The first-order valence-electron chi connectivity index (χ1n) is 17.0. The van der Waals surface area contributed by atoms with Crippen LogP contribution in [0.4, 0.5) is 0 Å². The Kier molecular flexibility index (Phi) is 31.8.